The molecule has 1 aliphatic rings. The van der Waals surface area contributed by atoms with Gasteiger partial charge in [0.2, 0.25) is 0 Å². The standard InChI is InChI=1S/C24H23ClF4O3/c1-6-12-7-8-13(14-9-10-16(25)18(19(14)26)24(27,28)29)11-15(12)17-20(30)22(2,3)32-23(4,5)21(17)31/h7-11,17H,6H2,1-5H3. The number of hydrogen-bond donors (Lipinski definition) is 0. The number of hydrogen-bond acceptors (Lipinski definition) is 3. The van der Waals surface area contributed by atoms with E-state index in [9.17, 15) is 27.2 Å². The summed E-state index contributed by atoms with van der Waals surface area (Å²) in [4.78, 5) is 26.3. The second-order valence-electron chi connectivity index (χ2n) is 8.83. The normalized spacial score (nSPS) is 18.8. The van der Waals surface area contributed by atoms with Crippen LogP contribution >= 0.6 is 11.6 Å². The highest BCUT2D eigenvalue weighted by Crippen LogP contribution is 2.43. The molecule has 0 atom stereocenters. The van der Waals surface area contributed by atoms with E-state index in [0.717, 1.165) is 12.1 Å². The van der Waals surface area contributed by atoms with E-state index in [1.165, 1.54) is 12.1 Å². The molecule has 172 valence electrons. The zero-order chi connectivity index (χ0) is 24.2. The van der Waals surface area contributed by atoms with Crippen molar-refractivity contribution in [3.05, 3.63) is 57.9 Å². The predicted octanol–water partition coefficient (Wildman–Crippen LogP) is 6.54. The average molecular weight is 471 g/mol. The number of aryl methyl sites for hydroxylation is 1. The van der Waals surface area contributed by atoms with Crippen LogP contribution in [-0.2, 0) is 26.9 Å². The molecular formula is C24H23ClF4O3. The smallest absolute Gasteiger partial charge is 0.354 e. The maximum Gasteiger partial charge on any atom is 0.420 e. The molecule has 0 saturated carbocycles. The number of benzene rings is 2. The molecular weight excluding hydrogens is 448 g/mol. The van der Waals surface area contributed by atoms with Crippen LogP contribution in [0.2, 0.25) is 5.02 Å². The Kier molecular flexibility index (Phi) is 6.07. The van der Waals surface area contributed by atoms with Gasteiger partial charge < -0.3 is 4.74 Å². The second-order valence-corrected chi connectivity index (χ2v) is 9.24. The van der Waals surface area contributed by atoms with Crippen molar-refractivity contribution < 1.29 is 31.9 Å². The molecule has 0 spiro atoms. The van der Waals surface area contributed by atoms with Crippen LogP contribution in [0.3, 0.4) is 0 Å². The summed E-state index contributed by atoms with van der Waals surface area (Å²) in [6, 6.07) is 6.62. The van der Waals surface area contributed by atoms with Crippen molar-refractivity contribution in [2.75, 3.05) is 0 Å². The number of ether oxygens (including phenoxy) is 1. The van der Waals surface area contributed by atoms with Crippen molar-refractivity contribution in [2.24, 2.45) is 0 Å². The summed E-state index contributed by atoms with van der Waals surface area (Å²) in [5.74, 6) is -3.60. The van der Waals surface area contributed by atoms with E-state index in [-0.39, 0.29) is 11.1 Å². The lowest BCUT2D eigenvalue weighted by Crippen LogP contribution is -2.58. The fraction of sp³-hybridized carbons (Fsp3) is 0.417. The maximum atomic E-state index is 14.9. The van der Waals surface area contributed by atoms with Gasteiger partial charge in [-0.2, -0.15) is 13.2 Å². The molecule has 0 radical (unpaired) electrons. The Morgan fingerprint density at radius 1 is 1.00 bits per heavy atom. The molecule has 3 rings (SSSR count). The fourth-order valence-corrected chi connectivity index (χ4v) is 4.48. The van der Waals surface area contributed by atoms with E-state index in [2.05, 4.69) is 0 Å². The average Bonchev–Trinajstić information content (AvgIpc) is 2.65. The highest BCUT2D eigenvalue weighted by atomic mass is 35.5. The Labute approximate surface area is 188 Å². The lowest BCUT2D eigenvalue weighted by Gasteiger charge is -2.43. The zero-order valence-corrected chi connectivity index (χ0v) is 19.0. The van der Waals surface area contributed by atoms with Gasteiger partial charge in [0.15, 0.2) is 11.6 Å². The van der Waals surface area contributed by atoms with E-state index in [1.807, 2.05) is 6.92 Å². The van der Waals surface area contributed by atoms with Gasteiger partial charge in [0, 0.05) is 5.56 Å². The first-order valence-electron chi connectivity index (χ1n) is 10.1. The van der Waals surface area contributed by atoms with Crippen molar-refractivity contribution in [1.29, 1.82) is 0 Å². The van der Waals surface area contributed by atoms with Gasteiger partial charge >= 0.3 is 6.18 Å². The predicted molar refractivity (Wildman–Crippen MR) is 113 cm³/mol. The number of carbonyl (C=O) groups excluding carboxylic acids is 2. The molecule has 1 heterocycles. The molecule has 0 aliphatic carbocycles. The van der Waals surface area contributed by atoms with Crippen molar-refractivity contribution in [3.8, 4) is 11.1 Å². The van der Waals surface area contributed by atoms with Crippen molar-refractivity contribution in [2.45, 2.75) is 64.3 Å². The second kappa shape index (κ2) is 7.96. The third-order valence-electron chi connectivity index (χ3n) is 5.74. The quantitative estimate of drug-likeness (QED) is 0.378. The third-order valence-corrected chi connectivity index (χ3v) is 6.06. The van der Waals surface area contributed by atoms with Gasteiger partial charge in [-0.15, -0.1) is 0 Å². The van der Waals surface area contributed by atoms with Crippen molar-refractivity contribution in [3.63, 3.8) is 0 Å². The summed E-state index contributed by atoms with van der Waals surface area (Å²) >= 11 is 5.61. The molecule has 2 aromatic carbocycles. The first-order chi connectivity index (χ1) is 14.6. The van der Waals surface area contributed by atoms with Crippen LogP contribution in [0.1, 0.15) is 57.2 Å². The molecule has 0 aromatic heterocycles. The Balaban J connectivity index is 2.24. The van der Waals surface area contributed by atoms with Gasteiger partial charge in [-0.1, -0.05) is 30.7 Å². The number of halogens is 5. The van der Waals surface area contributed by atoms with Gasteiger partial charge in [-0.25, -0.2) is 4.39 Å². The number of Topliss-reactive ketones (excluding diaryl/α,β-unsaturated/α-hetero) is 2. The third kappa shape index (κ3) is 4.08. The van der Waals surface area contributed by atoms with Gasteiger partial charge in [0.1, 0.15) is 28.5 Å². The zero-order valence-electron chi connectivity index (χ0n) is 18.3. The minimum atomic E-state index is -4.98. The molecule has 1 fully saturated rings. The highest BCUT2D eigenvalue weighted by Gasteiger charge is 2.53. The van der Waals surface area contributed by atoms with E-state index in [4.69, 9.17) is 16.3 Å². The van der Waals surface area contributed by atoms with Crippen LogP contribution in [0, 0.1) is 5.82 Å². The first-order valence-corrected chi connectivity index (χ1v) is 10.5. The molecule has 0 N–H and O–H groups in total. The molecule has 32 heavy (non-hydrogen) atoms. The largest absolute Gasteiger partial charge is 0.420 e. The van der Waals surface area contributed by atoms with Crippen LogP contribution in [-0.4, -0.2) is 22.8 Å². The van der Waals surface area contributed by atoms with Gasteiger partial charge in [0.05, 0.1) is 5.02 Å². The molecule has 0 bridgehead atoms. The Hall–Kier alpha value is -2.25. The summed E-state index contributed by atoms with van der Waals surface area (Å²) < 4.78 is 60.6. The molecule has 3 nitrogen and oxygen atoms in total. The topological polar surface area (TPSA) is 43.4 Å². The monoisotopic (exact) mass is 470 g/mol. The van der Waals surface area contributed by atoms with Crippen LogP contribution in [0.15, 0.2) is 30.3 Å². The van der Waals surface area contributed by atoms with Gasteiger partial charge in [0.25, 0.3) is 0 Å². The maximum absolute atomic E-state index is 14.9. The fourth-order valence-electron chi connectivity index (χ4n) is 4.22. The van der Waals surface area contributed by atoms with E-state index in [1.54, 1.807) is 33.8 Å². The van der Waals surface area contributed by atoms with Crippen LogP contribution in [0.4, 0.5) is 17.6 Å². The minimum absolute atomic E-state index is 0.111. The van der Waals surface area contributed by atoms with E-state index < -0.39 is 51.3 Å². The summed E-state index contributed by atoms with van der Waals surface area (Å²) in [5, 5.41) is -0.748. The van der Waals surface area contributed by atoms with Crippen LogP contribution < -0.4 is 0 Å². The molecule has 1 saturated heterocycles. The SMILES string of the molecule is CCc1ccc(-c2ccc(Cl)c(C(F)(F)F)c2F)cc1C1C(=O)C(C)(C)OC(C)(C)C1=O. The van der Waals surface area contributed by atoms with Crippen molar-refractivity contribution >= 4 is 23.2 Å². The first kappa shape index (κ1) is 24.4. The molecule has 0 unspecified atom stereocenters. The summed E-state index contributed by atoms with van der Waals surface area (Å²) in [7, 11) is 0. The molecule has 2 aromatic rings. The van der Waals surface area contributed by atoms with Gasteiger partial charge in [-0.3, -0.25) is 9.59 Å². The molecule has 1 aliphatic heterocycles. The Morgan fingerprint density at radius 3 is 2.06 bits per heavy atom. The van der Waals surface area contributed by atoms with E-state index in [0.29, 0.717) is 17.5 Å². The lowest BCUT2D eigenvalue weighted by molar-refractivity contribution is -0.184. The van der Waals surface area contributed by atoms with E-state index >= 15 is 0 Å². The van der Waals surface area contributed by atoms with Crippen LogP contribution in [0.25, 0.3) is 11.1 Å². The molecule has 0 amide bonds. The number of carbonyl (C=O) groups is 2. The Morgan fingerprint density at radius 2 is 1.56 bits per heavy atom. The van der Waals surface area contributed by atoms with Crippen molar-refractivity contribution in [1.82, 2.24) is 0 Å². The summed E-state index contributed by atoms with van der Waals surface area (Å²) in [6.45, 7) is 8.11. The highest BCUT2D eigenvalue weighted by molar-refractivity contribution is 6.31. The number of alkyl halides is 3. The lowest BCUT2D eigenvalue weighted by atomic mass is 9.73. The summed E-state index contributed by atoms with van der Waals surface area (Å²) in [6.07, 6.45) is -4.52. The molecule has 8 heteroatoms. The van der Waals surface area contributed by atoms with Crippen LogP contribution in [0.5, 0.6) is 0 Å². The number of ketones is 2. The summed E-state index contributed by atoms with van der Waals surface area (Å²) in [5.41, 5.74) is -3.27. The number of rotatable bonds is 3. The minimum Gasteiger partial charge on any atom is -0.354 e. The van der Waals surface area contributed by atoms with Gasteiger partial charge in [-0.05, 0) is 69.0 Å². The Bertz CT molecular complexity index is 1080.